The maximum absolute atomic E-state index is 5.17. The van der Waals surface area contributed by atoms with Crippen molar-refractivity contribution in [3.05, 3.63) is 0 Å². The average molecular weight is 195 g/mol. The van der Waals surface area contributed by atoms with Crippen LogP contribution in [0.4, 0.5) is 0 Å². The molecule has 1 rings (SSSR count). The Morgan fingerprint density at radius 2 is 2.56 bits per heavy atom. The lowest BCUT2D eigenvalue weighted by molar-refractivity contribution is 0.111. The molecule has 54 valence electrons. The fourth-order valence-electron chi connectivity index (χ4n) is 0.952. The van der Waals surface area contributed by atoms with Gasteiger partial charge >= 0.3 is 0 Å². The monoisotopic (exact) mass is 194 g/mol. The van der Waals surface area contributed by atoms with Gasteiger partial charge in [-0.05, 0) is 6.42 Å². The van der Waals surface area contributed by atoms with Crippen LogP contribution in [0.2, 0.25) is 0 Å². The predicted molar refractivity (Wildman–Crippen MR) is 38.7 cm³/mol. The smallest absolute Gasteiger partial charge is 0.117 e. The molecule has 1 aliphatic rings. The van der Waals surface area contributed by atoms with Crippen LogP contribution in [0.15, 0.2) is 0 Å². The molecule has 1 aliphatic heterocycles. The third-order valence-electron chi connectivity index (χ3n) is 1.56. The molecular formula is C6H11BrO2. The first-order valence-corrected chi connectivity index (χ1v) is 4.01. The zero-order valence-corrected chi connectivity index (χ0v) is 7.06. The minimum absolute atomic E-state index is 0.181. The Kier molecular flexibility index (Phi) is 2.95. The quantitative estimate of drug-likeness (QED) is 0.620. The van der Waals surface area contributed by atoms with Gasteiger partial charge in [-0.25, -0.2) is 0 Å². The largest absolute Gasteiger partial charge is 0.381 e. The van der Waals surface area contributed by atoms with E-state index in [-0.39, 0.29) is 5.01 Å². The molecule has 0 aromatic heterocycles. The summed E-state index contributed by atoms with van der Waals surface area (Å²) in [4.78, 5) is 0. The minimum Gasteiger partial charge on any atom is -0.381 e. The molecule has 9 heavy (non-hydrogen) atoms. The van der Waals surface area contributed by atoms with Gasteiger partial charge in [0.1, 0.15) is 5.01 Å². The summed E-state index contributed by atoms with van der Waals surface area (Å²) < 4.78 is 10.2. The van der Waals surface area contributed by atoms with E-state index in [1.54, 1.807) is 7.11 Å². The summed E-state index contributed by atoms with van der Waals surface area (Å²) in [5.74, 6) is 0.551. The molecular weight excluding hydrogens is 184 g/mol. The van der Waals surface area contributed by atoms with Gasteiger partial charge in [-0.2, -0.15) is 0 Å². The van der Waals surface area contributed by atoms with Crippen LogP contribution in [0.25, 0.3) is 0 Å². The van der Waals surface area contributed by atoms with E-state index in [0.29, 0.717) is 5.92 Å². The number of rotatable bonds is 2. The van der Waals surface area contributed by atoms with Crippen LogP contribution in [0.5, 0.6) is 0 Å². The van der Waals surface area contributed by atoms with Crippen LogP contribution in [0.1, 0.15) is 6.42 Å². The highest BCUT2D eigenvalue weighted by Crippen LogP contribution is 2.22. The van der Waals surface area contributed by atoms with Gasteiger partial charge in [-0.15, -0.1) is 0 Å². The number of alkyl halides is 1. The molecule has 0 radical (unpaired) electrons. The van der Waals surface area contributed by atoms with E-state index in [1.807, 2.05) is 0 Å². The second-order valence-electron chi connectivity index (χ2n) is 2.21. The van der Waals surface area contributed by atoms with E-state index in [4.69, 9.17) is 9.47 Å². The van der Waals surface area contributed by atoms with Crippen molar-refractivity contribution in [2.45, 2.75) is 11.4 Å². The van der Waals surface area contributed by atoms with Crippen LogP contribution in [-0.2, 0) is 9.47 Å². The second kappa shape index (κ2) is 3.54. The molecule has 3 heteroatoms. The lowest BCUT2D eigenvalue weighted by Gasteiger charge is -2.12. The number of ether oxygens (including phenoxy) is 2. The maximum atomic E-state index is 5.17. The minimum atomic E-state index is 0.181. The first-order chi connectivity index (χ1) is 4.34. The Morgan fingerprint density at radius 3 is 3.00 bits per heavy atom. The van der Waals surface area contributed by atoms with Gasteiger partial charge in [-0.3, -0.25) is 0 Å². The Balaban J connectivity index is 2.24. The molecule has 2 atom stereocenters. The van der Waals surface area contributed by atoms with Crippen molar-refractivity contribution >= 4 is 15.9 Å². The van der Waals surface area contributed by atoms with Crippen molar-refractivity contribution in [1.82, 2.24) is 0 Å². The number of methoxy groups -OCH3 is 1. The molecule has 2 unspecified atom stereocenters. The molecule has 0 aromatic carbocycles. The van der Waals surface area contributed by atoms with Crippen LogP contribution < -0.4 is 0 Å². The summed E-state index contributed by atoms with van der Waals surface area (Å²) in [6, 6.07) is 0. The van der Waals surface area contributed by atoms with Gasteiger partial charge in [0, 0.05) is 19.6 Å². The van der Waals surface area contributed by atoms with Gasteiger partial charge in [0.15, 0.2) is 0 Å². The third-order valence-corrected chi connectivity index (χ3v) is 2.68. The highest BCUT2D eigenvalue weighted by Gasteiger charge is 2.22. The van der Waals surface area contributed by atoms with Crippen LogP contribution in [-0.4, -0.2) is 25.3 Å². The maximum Gasteiger partial charge on any atom is 0.117 e. The molecule has 1 fully saturated rings. The topological polar surface area (TPSA) is 18.5 Å². The Labute approximate surface area is 63.7 Å². The summed E-state index contributed by atoms with van der Waals surface area (Å²) >= 11 is 3.40. The van der Waals surface area contributed by atoms with Crippen molar-refractivity contribution in [3.63, 3.8) is 0 Å². The average Bonchev–Trinajstić information content (AvgIpc) is 2.37. The Hall–Kier alpha value is 0.400. The fourth-order valence-corrected chi connectivity index (χ4v) is 1.37. The van der Waals surface area contributed by atoms with Crippen LogP contribution >= 0.6 is 15.9 Å². The lowest BCUT2D eigenvalue weighted by atomic mass is 10.1. The van der Waals surface area contributed by atoms with Crippen LogP contribution in [0, 0.1) is 5.92 Å². The summed E-state index contributed by atoms with van der Waals surface area (Å²) in [6.07, 6.45) is 1.11. The summed E-state index contributed by atoms with van der Waals surface area (Å²) in [5, 5.41) is 0.181. The first-order valence-electron chi connectivity index (χ1n) is 3.09. The van der Waals surface area contributed by atoms with E-state index < -0.39 is 0 Å². The van der Waals surface area contributed by atoms with Crippen molar-refractivity contribution in [2.24, 2.45) is 5.92 Å². The molecule has 0 spiro atoms. The number of hydrogen-bond donors (Lipinski definition) is 0. The summed E-state index contributed by atoms with van der Waals surface area (Å²) in [7, 11) is 1.71. The number of halogens is 1. The van der Waals surface area contributed by atoms with E-state index in [1.165, 1.54) is 0 Å². The molecule has 0 bridgehead atoms. The Bertz CT molecular complexity index is 81.1. The standard InChI is InChI=1S/C6H11BrO2/c1-8-6(7)5-2-3-9-4-5/h5-6H,2-4H2,1H3. The van der Waals surface area contributed by atoms with Crippen molar-refractivity contribution in [2.75, 3.05) is 20.3 Å². The van der Waals surface area contributed by atoms with Crippen molar-refractivity contribution in [3.8, 4) is 0 Å². The molecule has 1 heterocycles. The SMILES string of the molecule is COC(Br)C1CCOC1. The van der Waals surface area contributed by atoms with E-state index in [9.17, 15) is 0 Å². The zero-order valence-electron chi connectivity index (χ0n) is 5.47. The van der Waals surface area contributed by atoms with Gasteiger partial charge in [0.25, 0.3) is 0 Å². The predicted octanol–water partition coefficient (Wildman–Crippen LogP) is 1.39. The van der Waals surface area contributed by atoms with E-state index in [2.05, 4.69) is 15.9 Å². The molecule has 1 saturated heterocycles. The van der Waals surface area contributed by atoms with Gasteiger partial charge in [0.05, 0.1) is 6.61 Å². The third kappa shape index (κ3) is 1.92. The second-order valence-corrected chi connectivity index (χ2v) is 3.11. The zero-order chi connectivity index (χ0) is 6.69. The van der Waals surface area contributed by atoms with Gasteiger partial charge in [-0.1, -0.05) is 15.9 Å². The molecule has 0 N–H and O–H groups in total. The molecule has 0 aromatic rings. The normalized spacial score (nSPS) is 30.7. The Morgan fingerprint density at radius 1 is 1.78 bits per heavy atom. The van der Waals surface area contributed by atoms with Crippen molar-refractivity contribution < 1.29 is 9.47 Å². The fraction of sp³-hybridized carbons (Fsp3) is 1.00. The van der Waals surface area contributed by atoms with Gasteiger partial charge < -0.3 is 9.47 Å². The van der Waals surface area contributed by atoms with Crippen molar-refractivity contribution in [1.29, 1.82) is 0 Å². The number of hydrogen-bond acceptors (Lipinski definition) is 2. The highest BCUT2D eigenvalue weighted by atomic mass is 79.9. The van der Waals surface area contributed by atoms with E-state index in [0.717, 1.165) is 19.6 Å². The summed E-state index contributed by atoms with van der Waals surface area (Å²) in [6.45, 7) is 1.72. The van der Waals surface area contributed by atoms with E-state index >= 15 is 0 Å². The lowest BCUT2D eigenvalue weighted by Crippen LogP contribution is -2.15. The van der Waals surface area contributed by atoms with Crippen LogP contribution in [0.3, 0.4) is 0 Å². The highest BCUT2D eigenvalue weighted by molar-refractivity contribution is 9.09. The molecule has 0 amide bonds. The first kappa shape index (κ1) is 7.51. The molecule has 2 nitrogen and oxygen atoms in total. The molecule has 0 saturated carbocycles. The van der Waals surface area contributed by atoms with Gasteiger partial charge in [0.2, 0.25) is 0 Å². The summed E-state index contributed by atoms with van der Waals surface area (Å²) in [5.41, 5.74) is 0. The molecule has 0 aliphatic carbocycles.